The minimum atomic E-state index is -0.366. The van der Waals surface area contributed by atoms with Crippen molar-refractivity contribution >= 4 is 28.8 Å². The second-order valence-corrected chi connectivity index (χ2v) is 8.90. The van der Waals surface area contributed by atoms with Gasteiger partial charge in [0.1, 0.15) is 16.1 Å². The van der Waals surface area contributed by atoms with Crippen LogP contribution in [0.3, 0.4) is 0 Å². The van der Waals surface area contributed by atoms with Crippen LogP contribution in [0.2, 0.25) is 0 Å². The first-order valence-electron chi connectivity index (χ1n) is 10.1. The minimum Gasteiger partial charge on any atom is -0.330 e. The lowest BCUT2D eigenvalue weighted by atomic mass is 9.97. The minimum absolute atomic E-state index is 0.0864. The highest BCUT2D eigenvalue weighted by atomic mass is 32.1. The van der Waals surface area contributed by atoms with Gasteiger partial charge < -0.3 is 10.2 Å². The summed E-state index contributed by atoms with van der Waals surface area (Å²) in [6.45, 7) is 2.61. The maximum absolute atomic E-state index is 13.0. The van der Waals surface area contributed by atoms with Crippen LogP contribution in [0.25, 0.3) is 10.6 Å². The van der Waals surface area contributed by atoms with Crippen LogP contribution in [0.1, 0.15) is 50.0 Å². The molecule has 2 aliphatic rings. The maximum Gasteiger partial charge on any atom is 0.247 e. The summed E-state index contributed by atoms with van der Waals surface area (Å²) in [7, 11) is 0. The van der Waals surface area contributed by atoms with E-state index < -0.39 is 0 Å². The van der Waals surface area contributed by atoms with Crippen molar-refractivity contribution in [2.75, 3.05) is 11.9 Å². The van der Waals surface area contributed by atoms with Crippen LogP contribution < -0.4 is 5.32 Å². The van der Waals surface area contributed by atoms with Crippen molar-refractivity contribution in [3.05, 3.63) is 29.3 Å². The van der Waals surface area contributed by atoms with Gasteiger partial charge in [0, 0.05) is 23.7 Å². The smallest absolute Gasteiger partial charge is 0.247 e. The molecule has 6 nitrogen and oxygen atoms in total. The Labute approximate surface area is 169 Å². The number of carbonyl (C=O) groups is 2. The van der Waals surface area contributed by atoms with Crippen molar-refractivity contribution in [2.45, 2.75) is 57.9 Å². The first-order chi connectivity index (χ1) is 13.6. The number of hydrogen-bond donors (Lipinski definition) is 1. The molecule has 7 heteroatoms. The molecule has 1 aromatic heterocycles. The van der Waals surface area contributed by atoms with Crippen molar-refractivity contribution < 1.29 is 9.59 Å². The van der Waals surface area contributed by atoms with Crippen LogP contribution in [0.5, 0.6) is 0 Å². The third-order valence-corrected chi connectivity index (χ3v) is 6.58. The fourth-order valence-corrected chi connectivity index (χ4v) is 4.93. The van der Waals surface area contributed by atoms with E-state index >= 15 is 0 Å². The van der Waals surface area contributed by atoms with Gasteiger partial charge in [-0.2, -0.15) is 0 Å². The third kappa shape index (κ3) is 4.09. The van der Waals surface area contributed by atoms with Gasteiger partial charge in [-0.05, 0) is 51.2 Å². The molecule has 0 bridgehead atoms. The Hall–Kier alpha value is -2.28. The number of likely N-dealkylation sites (tertiary alicyclic amines) is 1. The fraction of sp³-hybridized carbons (Fsp3) is 0.524. The molecule has 1 aliphatic heterocycles. The molecule has 148 valence electrons. The van der Waals surface area contributed by atoms with Gasteiger partial charge in [0.05, 0.1) is 0 Å². The van der Waals surface area contributed by atoms with Crippen LogP contribution in [-0.2, 0) is 9.59 Å². The molecule has 2 heterocycles. The summed E-state index contributed by atoms with van der Waals surface area (Å²) < 4.78 is 0. The van der Waals surface area contributed by atoms with Gasteiger partial charge in [-0.25, -0.2) is 0 Å². The molecule has 0 radical (unpaired) electrons. The van der Waals surface area contributed by atoms with Crippen molar-refractivity contribution in [3.8, 4) is 10.6 Å². The Kier molecular flexibility index (Phi) is 5.71. The van der Waals surface area contributed by atoms with Gasteiger partial charge >= 0.3 is 0 Å². The van der Waals surface area contributed by atoms with Gasteiger partial charge in [-0.3, -0.25) is 9.59 Å². The summed E-state index contributed by atoms with van der Waals surface area (Å²) in [5.41, 5.74) is 1.67. The van der Waals surface area contributed by atoms with Crippen LogP contribution in [0, 0.1) is 12.8 Å². The number of aromatic nitrogens is 2. The molecule has 1 unspecified atom stereocenters. The molecule has 0 spiro atoms. The summed E-state index contributed by atoms with van der Waals surface area (Å²) in [5.74, 6) is 0.199. The van der Waals surface area contributed by atoms with E-state index in [-0.39, 0.29) is 23.8 Å². The Morgan fingerprint density at radius 2 is 1.89 bits per heavy atom. The van der Waals surface area contributed by atoms with Gasteiger partial charge in [-0.15, -0.1) is 10.2 Å². The largest absolute Gasteiger partial charge is 0.330 e. The molecule has 1 aromatic carbocycles. The first-order valence-corrected chi connectivity index (χ1v) is 11.0. The summed E-state index contributed by atoms with van der Waals surface area (Å²) in [5, 5.41) is 13.0. The molecular formula is C21H26N4O2S. The second-order valence-electron chi connectivity index (χ2n) is 7.72. The van der Waals surface area contributed by atoms with E-state index in [4.69, 9.17) is 0 Å². The van der Waals surface area contributed by atoms with E-state index in [1.165, 1.54) is 11.3 Å². The topological polar surface area (TPSA) is 75.2 Å². The van der Waals surface area contributed by atoms with E-state index in [0.717, 1.165) is 66.2 Å². The molecule has 1 atom stereocenters. The fourth-order valence-electron chi connectivity index (χ4n) is 4.24. The summed E-state index contributed by atoms with van der Waals surface area (Å²) >= 11 is 1.53. The lowest BCUT2D eigenvalue weighted by Gasteiger charge is -2.36. The number of carbonyl (C=O) groups excluding carboxylic acids is 2. The van der Waals surface area contributed by atoms with Crippen molar-refractivity contribution in [1.82, 2.24) is 15.1 Å². The molecule has 1 aliphatic carbocycles. The average molecular weight is 399 g/mol. The molecular weight excluding hydrogens is 372 g/mol. The average Bonchev–Trinajstić information content (AvgIpc) is 3.39. The molecule has 2 amide bonds. The molecule has 2 fully saturated rings. The van der Waals surface area contributed by atoms with Gasteiger partial charge in [-0.1, -0.05) is 36.3 Å². The molecule has 1 saturated carbocycles. The van der Waals surface area contributed by atoms with E-state index in [0.29, 0.717) is 6.54 Å². The summed E-state index contributed by atoms with van der Waals surface area (Å²) in [4.78, 5) is 27.8. The third-order valence-electron chi connectivity index (χ3n) is 5.70. The van der Waals surface area contributed by atoms with E-state index in [1.54, 1.807) is 0 Å². The Morgan fingerprint density at radius 3 is 2.64 bits per heavy atom. The summed E-state index contributed by atoms with van der Waals surface area (Å²) in [6, 6.07) is 7.30. The number of nitrogens with one attached hydrogen (secondary N) is 1. The standard InChI is InChI=1S/C21H26N4O2S/c1-14-23-24-20(28-14)16-9-6-10-17(13-16)22-19(26)18-11-4-5-12-25(18)21(27)15-7-2-3-8-15/h6,9-10,13,15,18H,2-5,7-8,11-12H2,1H3,(H,22,26). The number of piperidine rings is 1. The molecule has 28 heavy (non-hydrogen) atoms. The highest BCUT2D eigenvalue weighted by Crippen LogP contribution is 2.30. The van der Waals surface area contributed by atoms with Crippen LogP contribution >= 0.6 is 11.3 Å². The Balaban J connectivity index is 1.48. The lowest BCUT2D eigenvalue weighted by Crippen LogP contribution is -2.51. The predicted octanol–water partition coefficient (Wildman–Crippen LogP) is 4.02. The number of aryl methyl sites for hydroxylation is 1. The van der Waals surface area contributed by atoms with E-state index in [2.05, 4.69) is 15.5 Å². The Morgan fingerprint density at radius 1 is 1.11 bits per heavy atom. The predicted molar refractivity (Wildman–Crippen MR) is 110 cm³/mol. The normalized spacial score (nSPS) is 20.3. The van der Waals surface area contributed by atoms with E-state index in [9.17, 15) is 9.59 Å². The quantitative estimate of drug-likeness (QED) is 0.844. The number of anilines is 1. The number of amides is 2. The molecule has 4 rings (SSSR count). The van der Waals surface area contributed by atoms with E-state index in [1.807, 2.05) is 36.1 Å². The van der Waals surface area contributed by atoms with Crippen molar-refractivity contribution in [3.63, 3.8) is 0 Å². The van der Waals surface area contributed by atoms with Crippen LogP contribution in [0.15, 0.2) is 24.3 Å². The summed E-state index contributed by atoms with van der Waals surface area (Å²) in [6.07, 6.45) is 6.88. The SMILES string of the molecule is Cc1nnc(-c2cccc(NC(=O)C3CCCCN3C(=O)C3CCCC3)c2)s1. The molecule has 1 N–H and O–H groups in total. The van der Waals surface area contributed by atoms with Crippen molar-refractivity contribution in [2.24, 2.45) is 5.92 Å². The van der Waals surface area contributed by atoms with Crippen LogP contribution in [0.4, 0.5) is 5.69 Å². The van der Waals surface area contributed by atoms with Gasteiger partial charge in [0.25, 0.3) is 0 Å². The number of nitrogens with zero attached hydrogens (tertiary/aromatic N) is 3. The molecule has 2 aromatic rings. The maximum atomic E-state index is 13.0. The lowest BCUT2D eigenvalue weighted by molar-refractivity contribution is -0.143. The number of benzene rings is 1. The van der Waals surface area contributed by atoms with Crippen molar-refractivity contribution in [1.29, 1.82) is 0 Å². The monoisotopic (exact) mass is 398 g/mol. The number of rotatable bonds is 4. The zero-order valence-corrected chi connectivity index (χ0v) is 17.0. The first kappa shape index (κ1) is 19.1. The highest BCUT2D eigenvalue weighted by molar-refractivity contribution is 7.14. The van der Waals surface area contributed by atoms with Gasteiger partial charge in [0.15, 0.2) is 0 Å². The van der Waals surface area contributed by atoms with Crippen LogP contribution in [-0.4, -0.2) is 39.5 Å². The zero-order valence-electron chi connectivity index (χ0n) is 16.2. The number of hydrogen-bond acceptors (Lipinski definition) is 5. The Bertz CT molecular complexity index is 860. The van der Waals surface area contributed by atoms with Gasteiger partial charge in [0.2, 0.25) is 11.8 Å². The molecule has 1 saturated heterocycles. The highest BCUT2D eigenvalue weighted by Gasteiger charge is 2.36. The zero-order chi connectivity index (χ0) is 19.5. The second kappa shape index (κ2) is 8.39.